The number of hydrogen-bond acceptors (Lipinski definition) is 1. The van der Waals surface area contributed by atoms with Gasteiger partial charge in [0.15, 0.2) is 8.32 Å². The van der Waals surface area contributed by atoms with Gasteiger partial charge in [0.25, 0.3) is 0 Å². The summed E-state index contributed by atoms with van der Waals surface area (Å²) in [4.78, 5) is 0. The monoisotopic (exact) mass is 520 g/mol. The molecule has 1 rings (SSSR count). The van der Waals surface area contributed by atoms with Crippen LogP contribution in [0.4, 0.5) is 0 Å². The molecule has 0 aromatic rings. The summed E-state index contributed by atoms with van der Waals surface area (Å²) in [6.07, 6.45) is 8.59. The van der Waals surface area contributed by atoms with Gasteiger partial charge >= 0.3 is 0 Å². The van der Waals surface area contributed by atoms with E-state index in [2.05, 4.69) is 96.1 Å². The average Bonchev–Trinajstić information content (AvgIpc) is 2.23. The predicted molar refractivity (Wildman–Crippen MR) is 109 cm³/mol. The highest BCUT2D eigenvalue weighted by atomic mass is 127. The Kier molecular flexibility index (Phi) is 6.67. The Morgan fingerprint density at radius 2 is 1.80 bits per heavy atom. The molecule has 1 unspecified atom stereocenters. The van der Waals surface area contributed by atoms with E-state index in [1.807, 2.05) is 0 Å². The number of alkyl halides is 1. The largest absolute Gasteiger partial charge is 0.402 e. The van der Waals surface area contributed by atoms with Crippen molar-refractivity contribution in [2.24, 2.45) is 5.41 Å². The van der Waals surface area contributed by atoms with E-state index in [1.54, 1.807) is 0 Å². The summed E-state index contributed by atoms with van der Waals surface area (Å²) in [6.45, 7) is 14.1. The highest BCUT2D eigenvalue weighted by Gasteiger charge is 2.56. The maximum Gasteiger partial charge on any atom is 0.193 e. The van der Waals surface area contributed by atoms with Gasteiger partial charge in [-0.1, -0.05) is 62.8 Å². The van der Waals surface area contributed by atoms with Gasteiger partial charge < -0.3 is 4.43 Å². The minimum absolute atomic E-state index is 0.0254. The summed E-state index contributed by atoms with van der Waals surface area (Å²) in [7, 11) is -1.74. The van der Waals surface area contributed by atoms with Crippen molar-refractivity contribution in [3.8, 4) is 0 Å². The van der Waals surface area contributed by atoms with Crippen LogP contribution in [0.2, 0.25) is 18.1 Å². The Morgan fingerprint density at radius 1 is 1.25 bits per heavy atom. The van der Waals surface area contributed by atoms with Crippen molar-refractivity contribution in [2.75, 3.05) is 0 Å². The lowest BCUT2D eigenvalue weighted by atomic mass is 9.63. The first-order valence-electron chi connectivity index (χ1n) is 7.68. The average molecular weight is 520 g/mol. The van der Waals surface area contributed by atoms with Gasteiger partial charge in [-0.3, -0.25) is 0 Å². The second-order valence-corrected chi connectivity index (χ2v) is 14.8. The number of hydrogen-bond donors (Lipinski definition) is 0. The van der Waals surface area contributed by atoms with Gasteiger partial charge in [0, 0.05) is 11.8 Å². The van der Waals surface area contributed by atoms with Crippen molar-refractivity contribution in [3.63, 3.8) is 0 Å². The zero-order valence-corrected chi connectivity index (χ0v) is 19.2. The maximum absolute atomic E-state index is 6.96. The molecule has 0 saturated heterocycles. The van der Waals surface area contributed by atoms with Gasteiger partial charge in [0.05, 0.1) is 0 Å². The molecule has 1 atom stereocenters. The Hall–Kier alpha value is 1.38. The molecule has 1 saturated carbocycles. The fourth-order valence-electron chi connectivity index (χ4n) is 2.71. The van der Waals surface area contributed by atoms with Gasteiger partial charge in [0.2, 0.25) is 0 Å². The van der Waals surface area contributed by atoms with Crippen molar-refractivity contribution >= 4 is 53.5 Å². The first kappa shape index (κ1) is 19.4. The third-order valence-electron chi connectivity index (χ3n) is 5.47. The van der Waals surface area contributed by atoms with Crippen LogP contribution in [0.15, 0.2) is 10.2 Å². The van der Waals surface area contributed by atoms with Gasteiger partial charge in [-0.2, -0.15) is 0 Å². The van der Waals surface area contributed by atoms with Crippen LogP contribution in [-0.2, 0) is 4.43 Å². The molecule has 0 aliphatic heterocycles. The van der Waals surface area contributed by atoms with Gasteiger partial charge in [-0.05, 0) is 64.1 Å². The third-order valence-corrected chi connectivity index (χ3v) is 12.7. The quantitative estimate of drug-likeness (QED) is 0.207. The van der Waals surface area contributed by atoms with Crippen molar-refractivity contribution in [1.82, 2.24) is 0 Å². The Balaban J connectivity index is 3.06. The van der Waals surface area contributed by atoms with E-state index in [-0.39, 0.29) is 8.65 Å². The molecular formula is C16H30I2OSi. The zero-order chi connectivity index (χ0) is 15.7. The standard InChI is InChI=1S/C16H30I2OSi/c1-7-15(10-8-11-15)16(18,12-9-13-17)19-20(5,6)14(2,3)4/h9,13H,7-8,10-12H2,1-6H3. The lowest BCUT2D eigenvalue weighted by molar-refractivity contribution is -0.0401. The second-order valence-electron chi connectivity index (χ2n) is 7.64. The highest BCUT2D eigenvalue weighted by Crippen LogP contribution is 2.60. The maximum atomic E-state index is 6.96. The molecule has 118 valence electrons. The molecule has 1 fully saturated rings. The Labute approximate surface area is 154 Å². The molecule has 20 heavy (non-hydrogen) atoms. The first-order valence-corrected chi connectivity index (χ1v) is 12.9. The van der Waals surface area contributed by atoms with Crippen LogP contribution in [-0.4, -0.2) is 11.9 Å². The topological polar surface area (TPSA) is 9.23 Å². The molecule has 0 aromatic heterocycles. The van der Waals surface area contributed by atoms with E-state index >= 15 is 0 Å². The van der Waals surface area contributed by atoms with E-state index in [4.69, 9.17) is 4.43 Å². The van der Waals surface area contributed by atoms with E-state index in [9.17, 15) is 0 Å². The van der Waals surface area contributed by atoms with Crippen LogP contribution in [0.5, 0.6) is 0 Å². The van der Waals surface area contributed by atoms with Crippen molar-refractivity contribution in [1.29, 1.82) is 0 Å². The molecule has 0 spiro atoms. The van der Waals surface area contributed by atoms with Crippen LogP contribution in [0.1, 0.15) is 59.8 Å². The Bertz CT molecular complexity index is 350. The van der Waals surface area contributed by atoms with E-state index in [1.165, 1.54) is 25.7 Å². The van der Waals surface area contributed by atoms with E-state index < -0.39 is 8.32 Å². The van der Waals surface area contributed by atoms with E-state index in [0.717, 1.165) is 6.42 Å². The second kappa shape index (κ2) is 6.87. The Morgan fingerprint density at radius 3 is 2.10 bits per heavy atom. The fourth-order valence-corrected chi connectivity index (χ4v) is 7.21. The molecule has 0 N–H and O–H groups in total. The molecule has 0 heterocycles. The van der Waals surface area contributed by atoms with Crippen LogP contribution in [0, 0.1) is 5.41 Å². The molecule has 0 bridgehead atoms. The zero-order valence-electron chi connectivity index (χ0n) is 13.9. The van der Waals surface area contributed by atoms with Gasteiger partial charge in [-0.25, -0.2) is 0 Å². The molecule has 1 aliphatic carbocycles. The minimum Gasteiger partial charge on any atom is -0.402 e. The smallest absolute Gasteiger partial charge is 0.193 e. The number of halogens is 2. The van der Waals surface area contributed by atoms with Crippen molar-refractivity contribution in [3.05, 3.63) is 10.2 Å². The molecule has 1 aliphatic rings. The predicted octanol–water partition coefficient (Wildman–Crippen LogP) is 7.06. The van der Waals surface area contributed by atoms with Crippen molar-refractivity contribution in [2.45, 2.75) is 81.5 Å². The molecular weight excluding hydrogens is 490 g/mol. The van der Waals surface area contributed by atoms with Crippen molar-refractivity contribution < 1.29 is 4.43 Å². The summed E-state index contributed by atoms with van der Waals surface area (Å²) in [5.41, 5.74) is 0.388. The summed E-state index contributed by atoms with van der Waals surface area (Å²) >= 11 is 4.97. The normalized spacial score (nSPS) is 22.6. The lowest BCUT2D eigenvalue weighted by Gasteiger charge is -2.56. The van der Waals surface area contributed by atoms with Crippen LogP contribution in [0.25, 0.3) is 0 Å². The van der Waals surface area contributed by atoms with Crippen LogP contribution >= 0.6 is 45.2 Å². The van der Waals surface area contributed by atoms with Gasteiger partial charge in [-0.15, -0.1) is 0 Å². The minimum atomic E-state index is -1.74. The SMILES string of the molecule is CCC1(C(I)(CC=CI)O[Si](C)(C)C(C)(C)C)CCC1. The first-order chi connectivity index (χ1) is 9.04. The third kappa shape index (κ3) is 3.82. The molecule has 4 heteroatoms. The van der Waals surface area contributed by atoms with Crippen LogP contribution < -0.4 is 0 Å². The van der Waals surface area contributed by atoms with Gasteiger partial charge in [0.1, 0.15) is 3.61 Å². The summed E-state index contributed by atoms with van der Waals surface area (Å²) in [5.74, 6) is 0. The summed E-state index contributed by atoms with van der Waals surface area (Å²) < 4.78 is 9.08. The highest BCUT2D eigenvalue weighted by molar-refractivity contribution is 14.1. The van der Waals surface area contributed by atoms with Crippen LogP contribution in [0.3, 0.4) is 0 Å². The molecule has 0 radical (unpaired) electrons. The fraction of sp³-hybridized carbons (Fsp3) is 0.875. The molecule has 0 amide bonds. The summed E-state index contributed by atoms with van der Waals surface area (Å²) in [5, 5.41) is 0.274. The lowest BCUT2D eigenvalue weighted by Crippen LogP contribution is -2.56. The molecule has 1 nitrogen and oxygen atoms in total. The summed E-state index contributed by atoms with van der Waals surface area (Å²) in [6, 6.07) is 0. The van der Waals surface area contributed by atoms with E-state index in [0.29, 0.717) is 5.41 Å². The molecule has 0 aromatic carbocycles. The number of rotatable bonds is 6.